The number of nitrogens with zero attached hydrogens (tertiary/aromatic N) is 1. The minimum absolute atomic E-state index is 0.101. The fourth-order valence-electron chi connectivity index (χ4n) is 7.25. The van der Waals surface area contributed by atoms with E-state index in [0.717, 1.165) is 19.3 Å². The molecule has 0 unspecified atom stereocenters. The molecule has 10 N–H and O–H groups in total. The van der Waals surface area contributed by atoms with Crippen molar-refractivity contribution in [1.29, 1.82) is 0 Å². The van der Waals surface area contributed by atoms with E-state index in [2.05, 4.69) is 28.2 Å². The van der Waals surface area contributed by atoms with Crippen molar-refractivity contribution >= 4 is 36.7 Å². The van der Waals surface area contributed by atoms with E-state index in [1.807, 2.05) is 0 Å². The molecule has 2 aromatic carbocycles. The Morgan fingerprint density at radius 3 is 2.03 bits per heavy atom. The Labute approximate surface area is 349 Å². The van der Waals surface area contributed by atoms with Crippen molar-refractivity contribution in [2.24, 2.45) is 5.73 Å². The number of hydrogen-bond donors (Lipinski definition) is 9. The lowest BCUT2D eigenvalue weighted by molar-refractivity contribution is -0.143. The van der Waals surface area contributed by atoms with Crippen LogP contribution in [0.2, 0.25) is 0 Å². The zero-order valence-corrected chi connectivity index (χ0v) is 35.3. The summed E-state index contributed by atoms with van der Waals surface area (Å²) >= 11 is 0. The molecule has 0 aromatic heterocycles. The van der Waals surface area contributed by atoms with Gasteiger partial charge in [0.2, 0.25) is 29.5 Å². The summed E-state index contributed by atoms with van der Waals surface area (Å²) in [4.78, 5) is 69.9. The monoisotopic (exact) mass is 823 g/mol. The van der Waals surface area contributed by atoms with Crippen LogP contribution in [-0.4, -0.2) is 99.5 Å². The van der Waals surface area contributed by atoms with Crippen LogP contribution in [0.4, 0.5) is 0 Å². The molecule has 3 rings (SSSR count). The first-order chi connectivity index (χ1) is 28.2. The molecule has 15 nitrogen and oxygen atoms in total. The van der Waals surface area contributed by atoms with Crippen molar-refractivity contribution in [1.82, 2.24) is 26.2 Å². The van der Waals surface area contributed by atoms with Crippen molar-refractivity contribution in [3.8, 4) is 22.6 Å². The number of fused-ring (bicyclic) bond motifs is 5. The van der Waals surface area contributed by atoms with Crippen LogP contribution in [0.3, 0.4) is 0 Å². The van der Waals surface area contributed by atoms with Gasteiger partial charge in [0.1, 0.15) is 35.7 Å². The number of nitrogens with two attached hydrogens (primary N) is 1. The third kappa shape index (κ3) is 15.5. The van der Waals surface area contributed by atoms with Crippen LogP contribution in [-0.2, 0) is 30.4 Å². The molecule has 0 saturated heterocycles. The number of hydrogen-bond acceptors (Lipinski definition) is 10. The summed E-state index contributed by atoms with van der Waals surface area (Å²) in [6, 6.07) is 3.88. The maximum absolute atomic E-state index is 14.4. The summed E-state index contributed by atoms with van der Waals surface area (Å²) in [5.41, 5.74) is 6.77. The maximum Gasteiger partial charge on any atom is 0.475 e. The molecule has 16 heteroatoms. The number of unbranched alkanes of at least 4 members (excludes halogenated alkanes) is 11. The van der Waals surface area contributed by atoms with E-state index in [9.17, 15) is 44.2 Å². The fourth-order valence-corrected chi connectivity index (χ4v) is 7.25. The molecule has 5 atom stereocenters. The molecule has 326 valence electrons. The lowest BCUT2D eigenvalue weighted by Gasteiger charge is -2.32. The number of phenols is 2. The highest BCUT2D eigenvalue weighted by atomic mass is 16.4. The van der Waals surface area contributed by atoms with Gasteiger partial charge in [0, 0.05) is 31.0 Å². The molecule has 1 aliphatic rings. The number of carbonyl (C=O) groups is 5. The van der Waals surface area contributed by atoms with E-state index in [4.69, 9.17) is 5.73 Å². The Bertz CT molecular complexity index is 1690. The molecule has 2 aromatic rings. The van der Waals surface area contributed by atoms with Gasteiger partial charge in [-0.2, -0.15) is 0 Å². The van der Waals surface area contributed by atoms with E-state index < -0.39 is 60.9 Å². The second kappa shape index (κ2) is 25.1. The number of nitrogens with one attached hydrogen (secondary N) is 4. The Kier molecular flexibility index (Phi) is 20.7. The van der Waals surface area contributed by atoms with Crippen LogP contribution in [0, 0.1) is 0 Å². The summed E-state index contributed by atoms with van der Waals surface area (Å²) in [6.07, 6.45) is 14.1. The van der Waals surface area contributed by atoms with Crippen molar-refractivity contribution in [2.75, 3.05) is 13.6 Å². The highest BCUT2D eigenvalue weighted by Gasteiger charge is 2.36. The molecular weight excluding hydrogens is 755 g/mol. The van der Waals surface area contributed by atoms with Crippen LogP contribution >= 0.6 is 0 Å². The summed E-state index contributed by atoms with van der Waals surface area (Å²) < 4.78 is 0. The molecule has 0 aliphatic carbocycles. The van der Waals surface area contributed by atoms with E-state index in [0.29, 0.717) is 31.4 Å². The second-order valence-corrected chi connectivity index (χ2v) is 15.9. The van der Waals surface area contributed by atoms with Gasteiger partial charge in [-0.05, 0) is 81.5 Å². The summed E-state index contributed by atoms with van der Waals surface area (Å²) in [7, 11) is -0.449. The molecule has 1 heterocycles. The van der Waals surface area contributed by atoms with Crippen LogP contribution in [0.1, 0.15) is 134 Å². The van der Waals surface area contributed by atoms with Crippen LogP contribution in [0.25, 0.3) is 11.1 Å². The Morgan fingerprint density at radius 2 is 1.42 bits per heavy atom. The van der Waals surface area contributed by atoms with Crippen molar-refractivity contribution in [3.63, 3.8) is 0 Å². The molecule has 0 spiro atoms. The lowest BCUT2D eigenvalue weighted by Crippen LogP contribution is -2.57. The zero-order chi connectivity index (χ0) is 43.5. The van der Waals surface area contributed by atoms with Crippen molar-refractivity contribution in [2.45, 2.75) is 154 Å². The molecule has 0 fully saturated rings. The quantitative estimate of drug-likeness (QED) is 0.0617. The van der Waals surface area contributed by atoms with Crippen LogP contribution < -0.4 is 27.0 Å². The normalized spacial score (nSPS) is 17.8. The predicted octanol–water partition coefficient (Wildman–Crippen LogP) is 3.64. The fraction of sp³-hybridized carbons (Fsp3) is 0.605. The Balaban J connectivity index is 1.88. The number of amides is 5. The first kappa shape index (κ1) is 48.7. The van der Waals surface area contributed by atoms with Gasteiger partial charge in [-0.15, -0.1) is 0 Å². The maximum atomic E-state index is 14.4. The number of aromatic hydroxyl groups is 2. The standard InChI is InChI=1S/C43H67BN6O9/c1-5-6-7-8-9-10-11-12-13-14-15-19-38(53)48-34(18-16-17-24-45)43(57)50(4)39-31-21-23-37(52)33(27-31)32-25-30(20-22-36(32)51)26-35(41(55)47-29(3)44(58)59)49-40(54)28(2)46-42(39)56/h20-23,25,27-29,34-35,39,51-52,58-59H,5-19,24,26,45H2,1-4H3,(H,46,56)(H,47,55)(H,48,53)(H,49,54)/t28-,29-,34-,35-,39-/m0/s1. The largest absolute Gasteiger partial charge is 0.507 e. The van der Waals surface area contributed by atoms with Gasteiger partial charge in [0.05, 0.1) is 5.94 Å². The van der Waals surface area contributed by atoms with Crippen molar-refractivity contribution < 1.29 is 44.2 Å². The number of likely N-dealkylation sites (N-methyl/N-ethyl adjacent to an activating group) is 1. The first-order valence-corrected chi connectivity index (χ1v) is 21.4. The number of carbonyl (C=O) groups excluding carboxylic acids is 5. The Hall–Kier alpha value is -4.67. The van der Waals surface area contributed by atoms with E-state index in [1.54, 1.807) is 6.07 Å². The van der Waals surface area contributed by atoms with Crippen LogP contribution in [0.15, 0.2) is 36.4 Å². The third-order valence-corrected chi connectivity index (χ3v) is 10.9. The molecule has 4 bridgehead atoms. The van der Waals surface area contributed by atoms with Gasteiger partial charge >= 0.3 is 7.12 Å². The SMILES string of the molecule is CCCCCCCCCCCCCC(=O)N[C@@H](CCCCN)C(=O)N(C)[C@@H]1C(=O)N[C@@H](C)C(=O)N[C@H](C(=O)N[C@@H](C)B(O)O)Cc2ccc(O)c(c2)-c2cc1ccc2O. The summed E-state index contributed by atoms with van der Waals surface area (Å²) in [6.45, 7) is 5.39. The number of phenolic OH excluding ortho intramolecular Hbond substituents is 2. The average molecular weight is 823 g/mol. The van der Waals surface area contributed by atoms with Gasteiger partial charge in [0.25, 0.3) is 0 Å². The van der Waals surface area contributed by atoms with Gasteiger partial charge in [-0.3, -0.25) is 24.0 Å². The van der Waals surface area contributed by atoms with E-state index >= 15 is 0 Å². The minimum atomic E-state index is -1.87. The molecule has 0 saturated carbocycles. The lowest BCUT2D eigenvalue weighted by atomic mass is 9.81. The van der Waals surface area contributed by atoms with E-state index in [1.165, 1.54) is 101 Å². The van der Waals surface area contributed by atoms with Crippen molar-refractivity contribution in [3.05, 3.63) is 47.5 Å². The van der Waals surface area contributed by atoms with Gasteiger partial charge < -0.3 is 52.2 Å². The summed E-state index contributed by atoms with van der Waals surface area (Å²) in [5.74, 6) is -4.61. The zero-order valence-electron chi connectivity index (χ0n) is 35.3. The smallest absolute Gasteiger partial charge is 0.475 e. The van der Waals surface area contributed by atoms with Gasteiger partial charge in [-0.1, -0.05) is 83.3 Å². The topological polar surface area (TPSA) is 244 Å². The molecular formula is C43H67BN6O9. The molecule has 0 radical (unpaired) electrons. The van der Waals surface area contributed by atoms with Gasteiger partial charge in [-0.25, -0.2) is 0 Å². The predicted molar refractivity (Wildman–Crippen MR) is 228 cm³/mol. The van der Waals surface area contributed by atoms with Gasteiger partial charge in [0.15, 0.2) is 0 Å². The number of rotatable bonds is 22. The molecule has 5 amide bonds. The summed E-state index contributed by atoms with van der Waals surface area (Å²) in [5, 5.41) is 51.8. The van der Waals surface area contributed by atoms with Crippen LogP contribution in [0.5, 0.6) is 11.5 Å². The van der Waals surface area contributed by atoms with E-state index in [-0.39, 0.29) is 53.4 Å². The second-order valence-electron chi connectivity index (χ2n) is 15.9. The average Bonchev–Trinajstić information content (AvgIpc) is 3.19. The third-order valence-electron chi connectivity index (χ3n) is 10.9. The molecule has 1 aliphatic heterocycles. The Morgan fingerprint density at radius 1 is 0.831 bits per heavy atom. The highest BCUT2D eigenvalue weighted by Crippen LogP contribution is 2.39. The first-order valence-electron chi connectivity index (χ1n) is 21.4. The number of benzene rings is 2. The minimum Gasteiger partial charge on any atom is -0.507 e. The molecule has 59 heavy (non-hydrogen) atoms. The highest BCUT2D eigenvalue weighted by molar-refractivity contribution is 6.43.